The molecule has 1 aromatic carbocycles. The minimum absolute atomic E-state index is 0.127. The molecule has 0 aromatic heterocycles. The van der Waals surface area contributed by atoms with Crippen LogP contribution in [0, 0.1) is 11.2 Å². The first-order valence-electron chi connectivity index (χ1n) is 7.30. The van der Waals surface area contributed by atoms with Gasteiger partial charge in [0.1, 0.15) is 10.8 Å². The van der Waals surface area contributed by atoms with Crippen LogP contribution in [-0.2, 0) is 6.54 Å². The Balaban J connectivity index is 2.08. The van der Waals surface area contributed by atoms with Gasteiger partial charge >= 0.3 is 0 Å². The lowest BCUT2D eigenvalue weighted by Crippen LogP contribution is -2.26. The zero-order valence-electron chi connectivity index (χ0n) is 12.3. The fourth-order valence-electron chi connectivity index (χ4n) is 3.11. The molecule has 4 heteroatoms. The molecule has 0 saturated carbocycles. The van der Waals surface area contributed by atoms with Crippen LogP contribution in [0.5, 0.6) is 0 Å². The first kappa shape index (κ1) is 15.4. The van der Waals surface area contributed by atoms with Gasteiger partial charge in [0.15, 0.2) is 0 Å². The van der Waals surface area contributed by atoms with Crippen molar-refractivity contribution in [2.45, 2.75) is 39.7 Å². The van der Waals surface area contributed by atoms with Crippen molar-refractivity contribution in [1.82, 2.24) is 4.90 Å². The Bertz CT molecular complexity index is 497. The molecule has 1 heterocycles. The Labute approximate surface area is 126 Å². The van der Waals surface area contributed by atoms with E-state index in [9.17, 15) is 4.39 Å². The molecule has 1 aliphatic heterocycles. The van der Waals surface area contributed by atoms with Crippen molar-refractivity contribution in [3.05, 3.63) is 35.1 Å². The van der Waals surface area contributed by atoms with Crippen molar-refractivity contribution in [2.75, 3.05) is 13.1 Å². The summed E-state index contributed by atoms with van der Waals surface area (Å²) >= 11 is 4.89. The minimum atomic E-state index is -0.334. The number of benzene rings is 1. The minimum Gasteiger partial charge on any atom is -0.389 e. The molecule has 2 nitrogen and oxygen atoms in total. The summed E-state index contributed by atoms with van der Waals surface area (Å²) in [7, 11) is 0. The number of hydrogen-bond acceptors (Lipinski definition) is 2. The monoisotopic (exact) mass is 294 g/mol. The van der Waals surface area contributed by atoms with Crippen molar-refractivity contribution < 1.29 is 4.39 Å². The third-order valence-electron chi connectivity index (χ3n) is 4.72. The van der Waals surface area contributed by atoms with E-state index in [4.69, 9.17) is 18.0 Å². The first-order chi connectivity index (χ1) is 9.49. The van der Waals surface area contributed by atoms with Gasteiger partial charge in [-0.2, -0.15) is 0 Å². The number of nitrogens with zero attached hydrogens (tertiary/aromatic N) is 1. The van der Waals surface area contributed by atoms with Crippen LogP contribution in [0.4, 0.5) is 4.39 Å². The highest BCUT2D eigenvalue weighted by Gasteiger charge is 2.34. The zero-order valence-corrected chi connectivity index (χ0v) is 13.1. The van der Waals surface area contributed by atoms with Crippen LogP contribution in [0.3, 0.4) is 0 Å². The molecule has 0 aliphatic carbocycles. The summed E-state index contributed by atoms with van der Waals surface area (Å²) in [6.07, 6.45) is 3.70. The van der Waals surface area contributed by atoms with E-state index in [-0.39, 0.29) is 10.8 Å². The lowest BCUT2D eigenvalue weighted by molar-refractivity contribution is 0.236. The van der Waals surface area contributed by atoms with Gasteiger partial charge in [-0.3, -0.25) is 4.90 Å². The lowest BCUT2D eigenvalue weighted by atomic mass is 9.82. The molecule has 0 unspecified atom stereocenters. The molecule has 0 amide bonds. The predicted molar refractivity (Wildman–Crippen MR) is 85.2 cm³/mol. The molecule has 2 N–H and O–H groups in total. The Morgan fingerprint density at radius 3 is 2.65 bits per heavy atom. The summed E-state index contributed by atoms with van der Waals surface area (Å²) in [5.41, 5.74) is 7.46. The second-order valence-electron chi connectivity index (χ2n) is 5.85. The number of thiocarbonyl (C=S) groups is 1. The van der Waals surface area contributed by atoms with Gasteiger partial charge in [0, 0.05) is 18.7 Å². The number of nitrogens with two attached hydrogens (primary N) is 1. The Morgan fingerprint density at radius 1 is 1.40 bits per heavy atom. The highest BCUT2D eigenvalue weighted by Crippen LogP contribution is 2.37. The number of halogens is 1. The molecule has 1 saturated heterocycles. The SMILES string of the molecule is CCC1(CC)CCN(Cc2ccc(F)c(C(N)=S)c2)C1. The normalized spacial score (nSPS) is 18.4. The molecule has 110 valence electrons. The van der Waals surface area contributed by atoms with E-state index in [2.05, 4.69) is 18.7 Å². The summed E-state index contributed by atoms with van der Waals surface area (Å²) in [5.74, 6) is -0.334. The van der Waals surface area contributed by atoms with Crippen LogP contribution < -0.4 is 5.73 Å². The molecular weight excluding hydrogens is 271 g/mol. The third-order valence-corrected chi connectivity index (χ3v) is 4.94. The second-order valence-corrected chi connectivity index (χ2v) is 6.29. The van der Waals surface area contributed by atoms with E-state index in [0.29, 0.717) is 11.0 Å². The van der Waals surface area contributed by atoms with Crippen molar-refractivity contribution >= 4 is 17.2 Å². The molecule has 2 rings (SSSR count). The smallest absolute Gasteiger partial charge is 0.133 e. The summed E-state index contributed by atoms with van der Waals surface area (Å²) in [5, 5.41) is 0. The van der Waals surface area contributed by atoms with Gasteiger partial charge < -0.3 is 5.73 Å². The fraction of sp³-hybridized carbons (Fsp3) is 0.562. The maximum Gasteiger partial charge on any atom is 0.133 e. The standard InChI is InChI=1S/C16H23FN2S/c1-3-16(4-2)7-8-19(11-16)10-12-5-6-14(17)13(9-12)15(18)20/h5-6,9H,3-4,7-8,10-11H2,1-2H3,(H2,18,20). The highest BCUT2D eigenvalue weighted by atomic mass is 32.1. The zero-order chi connectivity index (χ0) is 14.8. The van der Waals surface area contributed by atoms with Crippen molar-refractivity contribution in [2.24, 2.45) is 11.1 Å². The summed E-state index contributed by atoms with van der Waals surface area (Å²) in [6, 6.07) is 5.08. The lowest BCUT2D eigenvalue weighted by Gasteiger charge is -2.26. The molecule has 0 spiro atoms. The Hall–Kier alpha value is -1.00. The van der Waals surface area contributed by atoms with E-state index < -0.39 is 0 Å². The molecule has 0 bridgehead atoms. The van der Waals surface area contributed by atoms with Gasteiger partial charge in [-0.1, -0.05) is 32.1 Å². The van der Waals surface area contributed by atoms with Crippen molar-refractivity contribution in [3.8, 4) is 0 Å². The van der Waals surface area contributed by atoms with Crippen LogP contribution in [0.25, 0.3) is 0 Å². The third kappa shape index (κ3) is 3.18. The molecular formula is C16H23FN2S. The average molecular weight is 294 g/mol. The van der Waals surface area contributed by atoms with E-state index in [1.807, 2.05) is 6.07 Å². The van der Waals surface area contributed by atoms with Gasteiger partial charge in [-0.15, -0.1) is 0 Å². The van der Waals surface area contributed by atoms with Gasteiger partial charge in [-0.05, 0) is 48.9 Å². The summed E-state index contributed by atoms with van der Waals surface area (Å²) in [6.45, 7) is 7.63. The van der Waals surface area contributed by atoms with Gasteiger partial charge in [-0.25, -0.2) is 4.39 Å². The Morgan fingerprint density at radius 2 is 2.10 bits per heavy atom. The molecule has 1 aliphatic rings. The highest BCUT2D eigenvalue weighted by molar-refractivity contribution is 7.80. The maximum absolute atomic E-state index is 13.6. The van der Waals surface area contributed by atoms with E-state index >= 15 is 0 Å². The van der Waals surface area contributed by atoms with Crippen molar-refractivity contribution in [1.29, 1.82) is 0 Å². The molecule has 0 atom stereocenters. The van der Waals surface area contributed by atoms with Crippen molar-refractivity contribution in [3.63, 3.8) is 0 Å². The number of hydrogen-bond donors (Lipinski definition) is 1. The topological polar surface area (TPSA) is 29.3 Å². The molecule has 1 fully saturated rings. The van der Waals surface area contributed by atoms with E-state index in [1.165, 1.54) is 25.3 Å². The second kappa shape index (κ2) is 6.19. The van der Waals surface area contributed by atoms with Crippen LogP contribution in [0.2, 0.25) is 0 Å². The Kier molecular flexibility index (Phi) is 4.76. The molecule has 20 heavy (non-hydrogen) atoms. The van der Waals surface area contributed by atoms with Crippen LogP contribution in [0.15, 0.2) is 18.2 Å². The maximum atomic E-state index is 13.6. The number of rotatable bonds is 5. The van der Waals surface area contributed by atoms with E-state index in [1.54, 1.807) is 6.07 Å². The van der Waals surface area contributed by atoms with Crippen LogP contribution in [0.1, 0.15) is 44.2 Å². The summed E-state index contributed by atoms with van der Waals surface area (Å²) < 4.78 is 13.6. The largest absolute Gasteiger partial charge is 0.389 e. The quantitative estimate of drug-likeness (QED) is 0.843. The summed E-state index contributed by atoms with van der Waals surface area (Å²) in [4.78, 5) is 2.58. The van der Waals surface area contributed by atoms with Crippen LogP contribution >= 0.6 is 12.2 Å². The molecule has 1 aromatic rings. The van der Waals surface area contributed by atoms with Gasteiger partial charge in [0.2, 0.25) is 0 Å². The molecule has 0 radical (unpaired) electrons. The van der Waals surface area contributed by atoms with Gasteiger partial charge in [0.05, 0.1) is 0 Å². The number of likely N-dealkylation sites (tertiary alicyclic amines) is 1. The van der Waals surface area contributed by atoms with Crippen LogP contribution in [-0.4, -0.2) is 23.0 Å². The average Bonchev–Trinajstić information content (AvgIpc) is 2.85. The van der Waals surface area contributed by atoms with Gasteiger partial charge in [0.25, 0.3) is 0 Å². The van der Waals surface area contributed by atoms with E-state index in [0.717, 1.165) is 25.2 Å². The first-order valence-corrected chi connectivity index (χ1v) is 7.71. The predicted octanol–water partition coefficient (Wildman–Crippen LogP) is 3.47. The fourth-order valence-corrected chi connectivity index (χ4v) is 3.26.